The maximum Gasteiger partial charge on any atom is 0.323 e. The van der Waals surface area contributed by atoms with E-state index in [0.29, 0.717) is 6.54 Å². The Morgan fingerprint density at radius 1 is 1.32 bits per heavy atom. The fourth-order valence-electron chi connectivity index (χ4n) is 2.40. The van der Waals surface area contributed by atoms with E-state index < -0.39 is 5.97 Å². The lowest BCUT2D eigenvalue weighted by Crippen LogP contribution is -2.47. The van der Waals surface area contributed by atoms with Crippen molar-refractivity contribution in [1.82, 2.24) is 10.2 Å². The first kappa shape index (κ1) is 16.1. The average Bonchev–Trinajstić information content (AvgIpc) is 2.89. The molecule has 0 aromatic rings. The van der Waals surface area contributed by atoms with E-state index in [1.54, 1.807) is 11.8 Å². The standard InChI is InChI=1S/C13H24N2O3S/c1-19-9-5-4-8-14-13(18)15(10-12(16)17)11-6-2-3-7-11/h11H,2-10H2,1H3,(H,14,18)(H,16,17). The summed E-state index contributed by atoms with van der Waals surface area (Å²) in [5.74, 6) is 0.154. The second-order valence-corrected chi connectivity index (χ2v) is 5.88. The van der Waals surface area contributed by atoms with Gasteiger partial charge in [0.05, 0.1) is 0 Å². The molecule has 0 saturated heterocycles. The van der Waals surface area contributed by atoms with E-state index in [0.717, 1.165) is 44.3 Å². The molecule has 0 unspecified atom stereocenters. The average molecular weight is 288 g/mol. The topological polar surface area (TPSA) is 69.6 Å². The summed E-state index contributed by atoms with van der Waals surface area (Å²) in [6, 6.07) is -0.124. The highest BCUT2D eigenvalue weighted by Crippen LogP contribution is 2.23. The number of thioether (sulfide) groups is 1. The van der Waals surface area contributed by atoms with Gasteiger partial charge in [-0.05, 0) is 37.7 Å². The summed E-state index contributed by atoms with van der Waals surface area (Å²) in [4.78, 5) is 24.4. The number of urea groups is 1. The maximum absolute atomic E-state index is 12.0. The largest absolute Gasteiger partial charge is 0.480 e. The molecule has 0 atom stereocenters. The molecule has 0 heterocycles. The van der Waals surface area contributed by atoms with Crippen molar-refractivity contribution in [3.05, 3.63) is 0 Å². The molecular weight excluding hydrogens is 264 g/mol. The van der Waals surface area contributed by atoms with Crippen LogP contribution in [0.4, 0.5) is 4.79 Å². The van der Waals surface area contributed by atoms with Crippen LogP contribution in [0.25, 0.3) is 0 Å². The molecule has 2 amide bonds. The molecule has 2 N–H and O–H groups in total. The quantitative estimate of drug-likeness (QED) is 0.672. The highest BCUT2D eigenvalue weighted by molar-refractivity contribution is 7.98. The van der Waals surface area contributed by atoms with Crippen molar-refractivity contribution in [2.75, 3.05) is 25.1 Å². The van der Waals surface area contributed by atoms with Crippen LogP contribution in [0.2, 0.25) is 0 Å². The Hall–Kier alpha value is -0.910. The van der Waals surface area contributed by atoms with Gasteiger partial charge in [0.1, 0.15) is 6.54 Å². The molecule has 0 aromatic heterocycles. The van der Waals surface area contributed by atoms with Crippen LogP contribution in [-0.2, 0) is 4.79 Å². The lowest BCUT2D eigenvalue weighted by molar-refractivity contribution is -0.138. The van der Waals surface area contributed by atoms with Gasteiger partial charge in [0.2, 0.25) is 0 Å². The van der Waals surface area contributed by atoms with Crippen LogP contribution in [-0.4, -0.2) is 53.1 Å². The molecule has 0 bridgehead atoms. The van der Waals surface area contributed by atoms with Crippen molar-refractivity contribution in [3.8, 4) is 0 Å². The molecule has 0 aromatic carbocycles. The Kier molecular flexibility index (Phi) is 7.70. The molecule has 1 aliphatic rings. The molecule has 5 nitrogen and oxygen atoms in total. The van der Waals surface area contributed by atoms with Gasteiger partial charge in [-0.1, -0.05) is 12.8 Å². The second kappa shape index (κ2) is 9.07. The second-order valence-electron chi connectivity index (χ2n) is 4.89. The third-order valence-electron chi connectivity index (χ3n) is 3.38. The zero-order valence-electron chi connectivity index (χ0n) is 11.6. The monoisotopic (exact) mass is 288 g/mol. The number of nitrogens with zero attached hydrogens (tertiary/aromatic N) is 1. The highest BCUT2D eigenvalue weighted by atomic mass is 32.2. The van der Waals surface area contributed by atoms with E-state index >= 15 is 0 Å². The number of unbranched alkanes of at least 4 members (excludes halogenated alkanes) is 1. The van der Waals surface area contributed by atoms with E-state index in [2.05, 4.69) is 11.6 Å². The molecule has 6 heteroatoms. The fraction of sp³-hybridized carbons (Fsp3) is 0.846. The Morgan fingerprint density at radius 2 is 2.00 bits per heavy atom. The van der Waals surface area contributed by atoms with Gasteiger partial charge in [-0.25, -0.2) is 4.79 Å². The molecule has 19 heavy (non-hydrogen) atoms. The van der Waals surface area contributed by atoms with Crippen LogP contribution in [0.1, 0.15) is 38.5 Å². The minimum Gasteiger partial charge on any atom is -0.480 e. The Balaban J connectivity index is 2.35. The summed E-state index contributed by atoms with van der Waals surface area (Å²) in [6.07, 6.45) is 8.10. The van der Waals surface area contributed by atoms with Crippen LogP contribution in [0, 0.1) is 0 Å². The van der Waals surface area contributed by atoms with Crippen molar-refractivity contribution < 1.29 is 14.7 Å². The molecule has 0 radical (unpaired) electrons. The minimum absolute atomic E-state index is 0.0993. The van der Waals surface area contributed by atoms with Crippen molar-refractivity contribution >= 4 is 23.8 Å². The molecule has 110 valence electrons. The van der Waals surface area contributed by atoms with Crippen molar-refractivity contribution in [2.24, 2.45) is 0 Å². The highest BCUT2D eigenvalue weighted by Gasteiger charge is 2.27. The number of hydrogen-bond donors (Lipinski definition) is 2. The fourth-order valence-corrected chi connectivity index (χ4v) is 2.89. The molecule has 1 rings (SSSR count). The molecule has 1 fully saturated rings. The van der Waals surface area contributed by atoms with Crippen LogP contribution in [0.15, 0.2) is 0 Å². The number of nitrogens with one attached hydrogen (secondary N) is 1. The Morgan fingerprint density at radius 3 is 2.58 bits per heavy atom. The summed E-state index contributed by atoms with van der Waals surface area (Å²) < 4.78 is 0. The molecule has 1 aliphatic carbocycles. The van der Waals surface area contributed by atoms with E-state index in [1.807, 2.05) is 0 Å². The summed E-state index contributed by atoms with van der Waals surface area (Å²) in [7, 11) is 0. The zero-order chi connectivity index (χ0) is 14.1. The number of carboxylic acids is 1. The molecule has 0 spiro atoms. The normalized spacial score (nSPS) is 15.4. The number of rotatable bonds is 8. The number of carbonyl (C=O) groups excluding carboxylic acids is 1. The van der Waals surface area contributed by atoms with Gasteiger partial charge in [0.15, 0.2) is 0 Å². The number of amides is 2. The number of hydrogen-bond acceptors (Lipinski definition) is 3. The SMILES string of the molecule is CSCCCCNC(=O)N(CC(=O)O)C1CCCC1. The molecular formula is C13H24N2O3S. The van der Waals surface area contributed by atoms with Gasteiger partial charge in [-0.3, -0.25) is 4.79 Å². The molecule has 1 saturated carbocycles. The Labute approximate surface area is 119 Å². The number of aliphatic carboxylic acids is 1. The summed E-state index contributed by atoms with van der Waals surface area (Å²) in [5, 5.41) is 11.7. The van der Waals surface area contributed by atoms with E-state index in [9.17, 15) is 9.59 Å². The van der Waals surface area contributed by atoms with Gasteiger partial charge in [0, 0.05) is 12.6 Å². The van der Waals surface area contributed by atoms with Gasteiger partial charge < -0.3 is 15.3 Å². The summed E-state index contributed by atoms with van der Waals surface area (Å²) in [6.45, 7) is 0.434. The minimum atomic E-state index is -0.940. The first-order valence-electron chi connectivity index (χ1n) is 6.90. The van der Waals surface area contributed by atoms with Crippen LogP contribution in [0.5, 0.6) is 0 Å². The van der Waals surface area contributed by atoms with Crippen molar-refractivity contribution in [1.29, 1.82) is 0 Å². The van der Waals surface area contributed by atoms with E-state index in [-0.39, 0.29) is 18.6 Å². The lowest BCUT2D eigenvalue weighted by atomic mass is 10.2. The number of carbonyl (C=O) groups is 2. The lowest BCUT2D eigenvalue weighted by Gasteiger charge is -2.27. The van der Waals surface area contributed by atoms with Crippen LogP contribution >= 0.6 is 11.8 Å². The van der Waals surface area contributed by atoms with Crippen molar-refractivity contribution in [3.63, 3.8) is 0 Å². The third-order valence-corrected chi connectivity index (χ3v) is 4.08. The molecule has 0 aliphatic heterocycles. The first-order chi connectivity index (χ1) is 9.15. The van der Waals surface area contributed by atoms with Crippen LogP contribution < -0.4 is 5.32 Å². The predicted molar refractivity (Wildman–Crippen MR) is 77.6 cm³/mol. The first-order valence-corrected chi connectivity index (χ1v) is 8.29. The summed E-state index contributed by atoms with van der Waals surface area (Å²) >= 11 is 1.79. The van der Waals surface area contributed by atoms with Gasteiger partial charge in [-0.2, -0.15) is 11.8 Å². The van der Waals surface area contributed by atoms with Gasteiger partial charge in [-0.15, -0.1) is 0 Å². The van der Waals surface area contributed by atoms with Gasteiger partial charge >= 0.3 is 12.0 Å². The maximum atomic E-state index is 12.0. The van der Waals surface area contributed by atoms with Crippen LogP contribution in [0.3, 0.4) is 0 Å². The van der Waals surface area contributed by atoms with E-state index in [1.165, 1.54) is 4.90 Å². The van der Waals surface area contributed by atoms with Gasteiger partial charge in [0.25, 0.3) is 0 Å². The third kappa shape index (κ3) is 6.18. The summed E-state index contributed by atoms with van der Waals surface area (Å²) in [5.41, 5.74) is 0. The number of carboxylic acid groups (broad SMARTS) is 1. The van der Waals surface area contributed by atoms with Crippen molar-refractivity contribution in [2.45, 2.75) is 44.6 Å². The Bertz CT molecular complexity index is 294. The smallest absolute Gasteiger partial charge is 0.323 e. The van der Waals surface area contributed by atoms with E-state index in [4.69, 9.17) is 5.11 Å². The zero-order valence-corrected chi connectivity index (χ0v) is 12.4. The predicted octanol–water partition coefficient (Wildman–Crippen LogP) is 2.17.